The fourth-order valence-electron chi connectivity index (χ4n) is 4.74. The molecule has 2 aliphatic rings. The summed E-state index contributed by atoms with van der Waals surface area (Å²) in [6, 6.07) is 7.54. The van der Waals surface area contributed by atoms with Crippen molar-refractivity contribution in [2.75, 3.05) is 13.2 Å². The van der Waals surface area contributed by atoms with E-state index >= 15 is 0 Å². The number of fused-ring (bicyclic) bond motifs is 2. The Hall–Kier alpha value is -2.14. The second kappa shape index (κ2) is 7.47. The molecule has 1 heterocycles. The van der Waals surface area contributed by atoms with Crippen LogP contribution in [-0.4, -0.2) is 25.2 Å². The summed E-state index contributed by atoms with van der Waals surface area (Å²) in [5, 5.41) is 0. The first-order valence-corrected chi connectivity index (χ1v) is 9.47. The van der Waals surface area contributed by atoms with Crippen molar-refractivity contribution in [1.82, 2.24) is 0 Å². The van der Waals surface area contributed by atoms with E-state index in [-0.39, 0.29) is 41.2 Å². The molecule has 5 nitrogen and oxygen atoms in total. The Kier molecular flexibility index (Phi) is 5.43. The van der Waals surface area contributed by atoms with E-state index < -0.39 is 0 Å². The molecule has 0 amide bonds. The lowest BCUT2D eigenvalue weighted by Crippen LogP contribution is -2.54. The van der Waals surface area contributed by atoms with Gasteiger partial charge >= 0.3 is 11.9 Å². The Morgan fingerprint density at radius 1 is 1.19 bits per heavy atom. The maximum absolute atomic E-state index is 11.5. The first-order chi connectivity index (χ1) is 12.8. The lowest BCUT2D eigenvalue weighted by molar-refractivity contribution is -0.180. The molecule has 1 saturated heterocycles. The third kappa shape index (κ3) is 3.53. The molecule has 0 unspecified atom stereocenters. The molecule has 3 rings (SSSR count). The van der Waals surface area contributed by atoms with Gasteiger partial charge in [-0.1, -0.05) is 43.7 Å². The topological polar surface area (TPSA) is 61.8 Å². The van der Waals surface area contributed by atoms with E-state index in [1.54, 1.807) is 6.07 Å². The summed E-state index contributed by atoms with van der Waals surface area (Å²) >= 11 is 0. The van der Waals surface area contributed by atoms with Crippen LogP contribution >= 0.6 is 0 Å². The van der Waals surface area contributed by atoms with Crippen molar-refractivity contribution in [2.24, 2.45) is 23.2 Å². The first kappa shape index (κ1) is 19.6. The van der Waals surface area contributed by atoms with Gasteiger partial charge in [0.1, 0.15) is 5.75 Å². The first-order valence-electron chi connectivity index (χ1n) is 9.47. The van der Waals surface area contributed by atoms with Gasteiger partial charge in [0, 0.05) is 30.7 Å². The Balaban J connectivity index is 1.98. The molecule has 2 bridgehead atoms. The van der Waals surface area contributed by atoms with Gasteiger partial charge in [-0.25, -0.2) is 0 Å². The summed E-state index contributed by atoms with van der Waals surface area (Å²) in [6.07, 6.45) is 2.07. The molecule has 0 aromatic heterocycles. The number of benzene rings is 1. The molecule has 1 aromatic carbocycles. The summed E-state index contributed by atoms with van der Waals surface area (Å²) in [5.74, 6) is 0.547. The van der Waals surface area contributed by atoms with Crippen molar-refractivity contribution >= 4 is 11.9 Å². The van der Waals surface area contributed by atoms with E-state index in [0.717, 1.165) is 5.56 Å². The number of hydrogen-bond acceptors (Lipinski definition) is 5. The lowest BCUT2D eigenvalue weighted by atomic mass is 9.56. The average molecular weight is 372 g/mol. The molecule has 5 atom stereocenters. The van der Waals surface area contributed by atoms with Crippen molar-refractivity contribution in [3.8, 4) is 5.75 Å². The van der Waals surface area contributed by atoms with Gasteiger partial charge < -0.3 is 14.2 Å². The molecule has 1 aliphatic heterocycles. The Morgan fingerprint density at radius 2 is 1.89 bits per heavy atom. The fourth-order valence-corrected chi connectivity index (χ4v) is 4.74. The fraction of sp³-hybridized carbons (Fsp3) is 0.545. The highest BCUT2D eigenvalue weighted by atomic mass is 16.5. The van der Waals surface area contributed by atoms with Crippen molar-refractivity contribution < 1.29 is 23.8 Å². The lowest BCUT2D eigenvalue weighted by Gasteiger charge is -2.55. The van der Waals surface area contributed by atoms with Gasteiger partial charge in [0.15, 0.2) is 0 Å². The van der Waals surface area contributed by atoms with E-state index in [9.17, 15) is 9.59 Å². The second-order valence-electron chi connectivity index (χ2n) is 7.89. The molecule has 5 heteroatoms. The van der Waals surface area contributed by atoms with Gasteiger partial charge in [0.2, 0.25) is 0 Å². The van der Waals surface area contributed by atoms with E-state index in [1.165, 1.54) is 19.4 Å². The van der Waals surface area contributed by atoms with Crippen LogP contribution in [0.25, 0.3) is 0 Å². The van der Waals surface area contributed by atoms with Crippen LogP contribution in [0.2, 0.25) is 0 Å². The van der Waals surface area contributed by atoms with Gasteiger partial charge in [0.05, 0.1) is 19.3 Å². The highest BCUT2D eigenvalue weighted by molar-refractivity contribution is 5.70. The zero-order chi connectivity index (χ0) is 19.8. The number of allylic oxidation sites excluding steroid dienone is 1. The quantitative estimate of drug-likeness (QED) is 0.453. The Labute approximate surface area is 160 Å². The zero-order valence-electron chi connectivity index (χ0n) is 16.7. The molecule has 146 valence electrons. The molecule has 1 fully saturated rings. The number of para-hydroxylation sites is 1. The van der Waals surface area contributed by atoms with Crippen LogP contribution in [0.1, 0.15) is 46.3 Å². The van der Waals surface area contributed by atoms with Gasteiger partial charge in [-0.05, 0) is 24.8 Å². The van der Waals surface area contributed by atoms with E-state index in [0.29, 0.717) is 19.0 Å². The largest absolute Gasteiger partial charge is 0.465 e. The number of ether oxygens (including phenoxy) is 3. The van der Waals surface area contributed by atoms with E-state index in [2.05, 4.69) is 26.8 Å². The van der Waals surface area contributed by atoms with E-state index in [4.69, 9.17) is 14.2 Å². The molecule has 0 saturated carbocycles. The second-order valence-corrected chi connectivity index (χ2v) is 7.89. The minimum atomic E-state index is -0.347. The summed E-state index contributed by atoms with van der Waals surface area (Å²) < 4.78 is 17.2. The normalized spacial score (nSPS) is 32.4. The summed E-state index contributed by atoms with van der Waals surface area (Å²) in [7, 11) is 0. The van der Waals surface area contributed by atoms with Crippen LogP contribution in [0.3, 0.4) is 0 Å². The smallest absolute Gasteiger partial charge is 0.308 e. The van der Waals surface area contributed by atoms with Crippen LogP contribution in [0, 0.1) is 23.2 Å². The van der Waals surface area contributed by atoms with Crippen molar-refractivity contribution in [1.29, 1.82) is 0 Å². The molecule has 1 aromatic rings. The minimum absolute atomic E-state index is 0.127. The van der Waals surface area contributed by atoms with Crippen LogP contribution in [-0.2, 0) is 19.1 Å². The number of rotatable bonds is 4. The monoisotopic (exact) mass is 372 g/mol. The third-order valence-electron chi connectivity index (χ3n) is 6.27. The van der Waals surface area contributed by atoms with Crippen molar-refractivity contribution in [2.45, 2.75) is 40.7 Å². The van der Waals surface area contributed by atoms with Crippen molar-refractivity contribution in [3.05, 3.63) is 41.5 Å². The molecule has 27 heavy (non-hydrogen) atoms. The standard InChI is InChI=1S/C22H28O5/c1-13-10-14(2)22(11-25-16(4)23)12-26-21(20(13)15(22)3)18-8-6-7-9-19(18)27-17(5)24/h6-10,14-15,20-21H,11-12H2,1-5H3/t14-,15-,20+,21-,22+/m0/s1. The summed E-state index contributed by atoms with van der Waals surface area (Å²) in [6.45, 7) is 10.2. The molecular weight excluding hydrogens is 344 g/mol. The molecule has 0 N–H and O–H groups in total. The average Bonchev–Trinajstić information content (AvgIpc) is 2.59. The van der Waals surface area contributed by atoms with E-state index in [1.807, 2.05) is 18.2 Å². The molecular formula is C22H28O5. The van der Waals surface area contributed by atoms with Crippen molar-refractivity contribution in [3.63, 3.8) is 0 Å². The third-order valence-corrected chi connectivity index (χ3v) is 6.27. The number of carbonyl (C=O) groups excluding carboxylic acids is 2. The predicted octanol–water partition coefficient (Wildman–Crippen LogP) is 4.08. The predicted molar refractivity (Wildman–Crippen MR) is 101 cm³/mol. The van der Waals surface area contributed by atoms with Gasteiger partial charge in [-0.15, -0.1) is 0 Å². The van der Waals surface area contributed by atoms with Gasteiger partial charge in [-0.2, -0.15) is 0 Å². The van der Waals surface area contributed by atoms with Gasteiger partial charge in [-0.3, -0.25) is 9.59 Å². The van der Waals surface area contributed by atoms with Crippen LogP contribution in [0.15, 0.2) is 35.9 Å². The SMILES string of the molecule is CC(=O)OC[C@@]12CO[C@@H](c3ccccc3OC(C)=O)[C@H](C(C)=C[C@@H]1C)[C@@H]2C. The Morgan fingerprint density at radius 3 is 2.56 bits per heavy atom. The van der Waals surface area contributed by atoms with Crippen LogP contribution < -0.4 is 4.74 Å². The molecule has 0 spiro atoms. The number of hydrogen-bond donors (Lipinski definition) is 0. The maximum Gasteiger partial charge on any atom is 0.308 e. The highest BCUT2D eigenvalue weighted by Crippen LogP contribution is 2.57. The highest BCUT2D eigenvalue weighted by Gasteiger charge is 2.54. The van der Waals surface area contributed by atoms with Crippen LogP contribution in [0.5, 0.6) is 5.75 Å². The minimum Gasteiger partial charge on any atom is -0.465 e. The number of esters is 2. The molecule has 0 radical (unpaired) electrons. The number of carbonyl (C=O) groups is 2. The molecule has 1 aliphatic carbocycles. The maximum atomic E-state index is 11.5. The summed E-state index contributed by atoms with van der Waals surface area (Å²) in [5.41, 5.74) is 1.90. The zero-order valence-corrected chi connectivity index (χ0v) is 16.7. The van der Waals surface area contributed by atoms with Crippen LogP contribution in [0.4, 0.5) is 0 Å². The Bertz CT molecular complexity index is 768. The summed E-state index contributed by atoms with van der Waals surface area (Å²) in [4.78, 5) is 22.9. The van der Waals surface area contributed by atoms with Gasteiger partial charge in [0.25, 0.3) is 0 Å².